The Bertz CT molecular complexity index is 405. The van der Waals surface area contributed by atoms with Crippen molar-refractivity contribution in [3.8, 4) is 0 Å². The van der Waals surface area contributed by atoms with E-state index in [4.69, 9.17) is 0 Å². The second-order valence-corrected chi connectivity index (χ2v) is 4.35. The van der Waals surface area contributed by atoms with E-state index in [9.17, 15) is 9.18 Å². The van der Waals surface area contributed by atoms with Gasteiger partial charge in [0.05, 0.1) is 0 Å². The predicted octanol–water partition coefficient (Wildman–Crippen LogP) is 0.983. The molecule has 18 heavy (non-hydrogen) atoms. The highest BCUT2D eigenvalue weighted by molar-refractivity contribution is 5.74. The van der Waals surface area contributed by atoms with E-state index < -0.39 is 0 Å². The molecule has 1 heterocycles. The molecule has 1 aromatic rings. The van der Waals surface area contributed by atoms with Crippen molar-refractivity contribution in [2.45, 2.75) is 6.42 Å². The molecule has 1 fully saturated rings. The van der Waals surface area contributed by atoms with Crippen LogP contribution < -0.4 is 10.6 Å². The van der Waals surface area contributed by atoms with Gasteiger partial charge in [0.15, 0.2) is 0 Å². The second kappa shape index (κ2) is 6.35. The Balaban J connectivity index is 1.73. The van der Waals surface area contributed by atoms with Crippen LogP contribution >= 0.6 is 0 Å². The molecule has 0 spiro atoms. The molecule has 2 rings (SSSR count). The van der Waals surface area contributed by atoms with Crippen LogP contribution in [-0.2, 0) is 6.42 Å². The topological polar surface area (TPSA) is 44.4 Å². The third kappa shape index (κ3) is 3.70. The number of hydrogen-bond donors (Lipinski definition) is 2. The van der Waals surface area contributed by atoms with Crippen molar-refractivity contribution in [3.05, 3.63) is 35.6 Å². The zero-order chi connectivity index (χ0) is 12.8. The van der Waals surface area contributed by atoms with Gasteiger partial charge in [-0.3, -0.25) is 0 Å². The minimum absolute atomic E-state index is 0.0343. The number of urea groups is 1. The number of benzene rings is 1. The first-order valence-corrected chi connectivity index (χ1v) is 6.23. The van der Waals surface area contributed by atoms with E-state index in [1.807, 2.05) is 6.07 Å². The zero-order valence-electron chi connectivity index (χ0n) is 10.3. The average Bonchev–Trinajstić information content (AvgIpc) is 2.40. The van der Waals surface area contributed by atoms with Crippen LogP contribution in [0.1, 0.15) is 5.56 Å². The van der Waals surface area contributed by atoms with E-state index in [2.05, 4.69) is 10.6 Å². The fraction of sp³-hybridized carbons (Fsp3) is 0.462. The van der Waals surface area contributed by atoms with E-state index in [1.165, 1.54) is 12.1 Å². The van der Waals surface area contributed by atoms with Crippen LogP contribution in [0.25, 0.3) is 0 Å². The van der Waals surface area contributed by atoms with Crippen molar-refractivity contribution in [1.29, 1.82) is 0 Å². The summed E-state index contributed by atoms with van der Waals surface area (Å²) in [7, 11) is 0. The summed E-state index contributed by atoms with van der Waals surface area (Å²) in [6.07, 6.45) is 0.648. The van der Waals surface area contributed by atoms with E-state index in [-0.39, 0.29) is 11.8 Å². The van der Waals surface area contributed by atoms with Gasteiger partial charge < -0.3 is 15.5 Å². The lowest BCUT2D eigenvalue weighted by atomic mass is 10.1. The van der Waals surface area contributed by atoms with E-state index in [1.54, 1.807) is 11.0 Å². The summed E-state index contributed by atoms with van der Waals surface area (Å²) in [6.45, 7) is 3.71. The number of hydrogen-bond acceptors (Lipinski definition) is 2. The van der Waals surface area contributed by atoms with Crippen LogP contribution in [0.2, 0.25) is 0 Å². The van der Waals surface area contributed by atoms with E-state index in [0.717, 1.165) is 31.7 Å². The minimum atomic E-state index is -0.235. The second-order valence-electron chi connectivity index (χ2n) is 4.35. The molecule has 0 bridgehead atoms. The van der Waals surface area contributed by atoms with Gasteiger partial charge in [-0.2, -0.15) is 0 Å². The number of piperazine rings is 1. The summed E-state index contributed by atoms with van der Waals surface area (Å²) < 4.78 is 12.9. The maximum Gasteiger partial charge on any atom is 0.317 e. The van der Waals surface area contributed by atoms with Gasteiger partial charge in [-0.25, -0.2) is 9.18 Å². The Morgan fingerprint density at radius 2 is 2.17 bits per heavy atom. The van der Waals surface area contributed by atoms with Crippen LogP contribution in [0, 0.1) is 5.82 Å². The van der Waals surface area contributed by atoms with Crippen molar-refractivity contribution in [1.82, 2.24) is 15.5 Å². The van der Waals surface area contributed by atoms with Gasteiger partial charge in [0, 0.05) is 32.7 Å². The number of amides is 2. The van der Waals surface area contributed by atoms with Crippen molar-refractivity contribution in [3.63, 3.8) is 0 Å². The smallest absolute Gasteiger partial charge is 0.317 e. The Morgan fingerprint density at radius 1 is 1.39 bits per heavy atom. The predicted molar refractivity (Wildman–Crippen MR) is 67.9 cm³/mol. The molecule has 2 N–H and O–H groups in total. The third-order valence-corrected chi connectivity index (χ3v) is 2.98. The van der Waals surface area contributed by atoms with Gasteiger partial charge in [0.25, 0.3) is 0 Å². The Labute approximate surface area is 106 Å². The zero-order valence-corrected chi connectivity index (χ0v) is 10.3. The van der Waals surface area contributed by atoms with Crippen molar-refractivity contribution >= 4 is 6.03 Å². The van der Waals surface area contributed by atoms with Crippen molar-refractivity contribution in [2.75, 3.05) is 32.7 Å². The fourth-order valence-corrected chi connectivity index (χ4v) is 1.99. The van der Waals surface area contributed by atoms with Crippen LogP contribution in [0.15, 0.2) is 24.3 Å². The minimum Gasteiger partial charge on any atom is -0.338 e. The van der Waals surface area contributed by atoms with Gasteiger partial charge in [-0.15, -0.1) is 0 Å². The highest BCUT2D eigenvalue weighted by Gasteiger charge is 2.14. The number of carbonyl (C=O) groups excluding carboxylic acids is 1. The molecule has 0 saturated carbocycles. The van der Waals surface area contributed by atoms with E-state index >= 15 is 0 Å². The molecule has 0 atom stereocenters. The molecule has 98 valence electrons. The molecule has 2 amide bonds. The number of carbonyl (C=O) groups is 1. The molecule has 1 aliphatic heterocycles. The van der Waals surface area contributed by atoms with Crippen molar-refractivity contribution < 1.29 is 9.18 Å². The number of nitrogens with zero attached hydrogens (tertiary/aromatic N) is 1. The summed E-state index contributed by atoms with van der Waals surface area (Å²) in [5, 5.41) is 6.05. The van der Waals surface area contributed by atoms with Gasteiger partial charge in [0.2, 0.25) is 0 Å². The number of nitrogens with one attached hydrogen (secondary N) is 2. The highest BCUT2D eigenvalue weighted by atomic mass is 19.1. The van der Waals surface area contributed by atoms with Gasteiger partial charge in [-0.05, 0) is 24.1 Å². The summed E-state index contributed by atoms with van der Waals surface area (Å²) in [4.78, 5) is 13.6. The molecular weight excluding hydrogens is 233 g/mol. The lowest BCUT2D eigenvalue weighted by Gasteiger charge is -2.27. The number of halogens is 1. The Hall–Kier alpha value is -1.62. The van der Waals surface area contributed by atoms with Crippen molar-refractivity contribution in [2.24, 2.45) is 0 Å². The first-order chi connectivity index (χ1) is 8.75. The maximum atomic E-state index is 12.9. The third-order valence-electron chi connectivity index (χ3n) is 2.98. The molecule has 1 aliphatic rings. The SMILES string of the molecule is O=C(NCCc1cccc(F)c1)N1CCNCC1. The molecule has 5 heteroatoms. The van der Waals surface area contributed by atoms with Crippen LogP contribution in [-0.4, -0.2) is 43.7 Å². The molecule has 0 unspecified atom stereocenters. The maximum absolute atomic E-state index is 12.9. The van der Waals surface area contributed by atoms with Gasteiger partial charge in [0.1, 0.15) is 5.82 Å². The van der Waals surface area contributed by atoms with Crippen LogP contribution in [0.5, 0.6) is 0 Å². The number of rotatable bonds is 3. The summed E-state index contributed by atoms with van der Waals surface area (Å²) in [5.41, 5.74) is 0.899. The summed E-state index contributed by atoms with van der Waals surface area (Å²) >= 11 is 0. The van der Waals surface area contributed by atoms with Crippen LogP contribution in [0.4, 0.5) is 9.18 Å². The molecule has 0 aliphatic carbocycles. The lowest BCUT2D eigenvalue weighted by molar-refractivity contribution is 0.190. The van der Waals surface area contributed by atoms with Gasteiger partial charge in [-0.1, -0.05) is 12.1 Å². The normalized spacial score (nSPS) is 15.5. The molecule has 0 radical (unpaired) electrons. The Morgan fingerprint density at radius 3 is 2.89 bits per heavy atom. The highest BCUT2D eigenvalue weighted by Crippen LogP contribution is 2.03. The van der Waals surface area contributed by atoms with Gasteiger partial charge >= 0.3 is 6.03 Å². The molecule has 0 aromatic heterocycles. The molecule has 1 saturated heterocycles. The first-order valence-electron chi connectivity index (χ1n) is 6.23. The standard InChI is InChI=1S/C13H18FN3O/c14-12-3-1-2-11(10-12)4-5-16-13(18)17-8-6-15-7-9-17/h1-3,10,15H,4-9H2,(H,16,18). The molecule has 4 nitrogen and oxygen atoms in total. The molecular formula is C13H18FN3O. The lowest BCUT2D eigenvalue weighted by Crippen LogP contribution is -2.50. The largest absolute Gasteiger partial charge is 0.338 e. The quantitative estimate of drug-likeness (QED) is 0.841. The average molecular weight is 251 g/mol. The summed E-state index contributed by atoms with van der Waals surface area (Å²) in [6, 6.07) is 6.43. The van der Waals surface area contributed by atoms with Crippen LogP contribution in [0.3, 0.4) is 0 Å². The monoisotopic (exact) mass is 251 g/mol. The van der Waals surface area contributed by atoms with E-state index in [0.29, 0.717) is 13.0 Å². The molecule has 1 aromatic carbocycles. The first kappa shape index (κ1) is 12.8. The Kier molecular flexibility index (Phi) is 4.52. The summed E-state index contributed by atoms with van der Waals surface area (Å²) in [5.74, 6) is -0.235. The fourth-order valence-electron chi connectivity index (χ4n) is 1.99.